The van der Waals surface area contributed by atoms with Crippen molar-refractivity contribution in [3.8, 4) is 0 Å². The molecule has 0 aliphatic carbocycles. The van der Waals surface area contributed by atoms with Gasteiger partial charge in [0.2, 0.25) is 11.8 Å². The minimum absolute atomic E-state index is 0.0111. The fourth-order valence-electron chi connectivity index (χ4n) is 3.57. The van der Waals surface area contributed by atoms with Crippen LogP contribution in [0.5, 0.6) is 0 Å². The Morgan fingerprint density at radius 3 is 2.09 bits per heavy atom. The normalized spacial score (nSPS) is 11.6. The molecule has 0 aliphatic heterocycles. The molecule has 3 rings (SSSR count). The Hall–Kier alpha value is -2.57. The van der Waals surface area contributed by atoms with Gasteiger partial charge in [0.1, 0.15) is 6.04 Å². The molecule has 3 aromatic carbocycles. The van der Waals surface area contributed by atoms with Crippen LogP contribution in [0.1, 0.15) is 23.1 Å². The number of nitrogens with one attached hydrogen (secondary N) is 1. The van der Waals surface area contributed by atoms with E-state index in [0.29, 0.717) is 25.1 Å². The first-order valence-electron chi connectivity index (χ1n) is 11.0. The highest BCUT2D eigenvalue weighted by Gasteiger charge is 2.29. The van der Waals surface area contributed by atoms with Gasteiger partial charge in [-0.25, -0.2) is 0 Å². The van der Waals surface area contributed by atoms with E-state index in [9.17, 15) is 9.59 Å². The van der Waals surface area contributed by atoms with Gasteiger partial charge in [-0.1, -0.05) is 88.7 Å². The van der Waals surface area contributed by atoms with Gasteiger partial charge in [-0.3, -0.25) is 9.59 Å². The summed E-state index contributed by atoms with van der Waals surface area (Å²) in [6.45, 7) is 0.389. The molecular weight excluding hydrogens is 496 g/mol. The summed E-state index contributed by atoms with van der Waals surface area (Å²) < 4.78 is 0.980. The number of carbonyl (C=O) groups is 2. The SMILES string of the molecule is CNC(=O)[C@@H](Cc1ccccc1)N(Cc1ccc(Br)cc1)C(=O)CCSCc1ccccc1. The minimum Gasteiger partial charge on any atom is -0.357 e. The molecule has 0 fully saturated rings. The summed E-state index contributed by atoms with van der Waals surface area (Å²) in [5.74, 6) is 1.41. The summed E-state index contributed by atoms with van der Waals surface area (Å²) in [7, 11) is 1.62. The Bertz CT molecular complexity index is 1010. The van der Waals surface area contributed by atoms with Gasteiger partial charge in [0.05, 0.1) is 0 Å². The van der Waals surface area contributed by atoms with Crippen molar-refractivity contribution in [2.45, 2.75) is 31.2 Å². The fourth-order valence-corrected chi connectivity index (χ4v) is 4.73. The van der Waals surface area contributed by atoms with E-state index in [0.717, 1.165) is 21.4 Å². The lowest BCUT2D eigenvalue weighted by Crippen LogP contribution is -2.49. The van der Waals surface area contributed by atoms with Gasteiger partial charge >= 0.3 is 0 Å². The number of rotatable bonds is 11. The molecule has 0 saturated heterocycles. The first kappa shape index (κ1) is 25.1. The van der Waals surface area contributed by atoms with Gasteiger partial charge in [-0.05, 0) is 28.8 Å². The molecule has 0 unspecified atom stereocenters. The lowest BCUT2D eigenvalue weighted by atomic mass is 10.0. The van der Waals surface area contributed by atoms with Crippen LogP contribution in [0.2, 0.25) is 0 Å². The molecule has 0 bridgehead atoms. The van der Waals surface area contributed by atoms with Crippen molar-refractivity contribution in [1.29, 1.82) is 0 Å². The molecule has 6 heteroatoms. The van der Waals surface area contributed by atoms with Crippen molar-refractivity contribution in [1.82, 2.24) is 10.2 Å². The number of amides is 2. The summed E-state index contributed by atoms with van der Waals surface area (Å²) in [6.07, 6.45) is 0.857. The highest BCUT2D eigenvalue weighted by atomic mass is 79.9. The Kier molecular flexibility index (Phi) is 10.0. The number of hydrogen-bond acceptors (Lipinski definition) is 3. The molecule has 0 saturated carbocycles. The van der Waals surface area contributed by atoms with Crippen LogP contribution in [0.15, 0.2) is 89.4 Å². The molecule has 3 aromatic rings. The van der Waals surface area contributed by atoms with Crippen LogP contribution in [0.3, 0.4) is 0 Å². The monoisotopic (exact) mass is 524 g/mol. The predicted octanol–water partition coefficient (Wildman–Crippen LogP) is 5.46. The summed E-state index contributed by atoms with van der Waals surface area (Å²) in [4.78, 5) is 28.0. The molecular formula is C27H29BrN2O2S. The van der Waals surface area contributed by atoms with Crippen LogP contribution in [0.4, 0.5) is 0 Å². The largest absolute Gasteiger partial charge is 0.357 e. The van der Waals surface area contributed by atoms with Crippen LogP contribution in [0, 0.1) is 0 Å². The average molecular weight is 526 g/mol. The Morgan fingerprint density at radius 2 is 1.48 bits per heavy atom. The standard InChI is InChI=1S/C27H29BrN2O2S/c1-29-27(32)25(18-21-8-4-2-5-9-21)30(19-22-12-14-24(28)15-13-22)26(31)16-17-33-20-23-10-6-3-7-11-23/h2-15,25H,16-20H2,1H3,(H,29,32)/t25-/m1/s1. The van der Waals surface area contributed by atoms with Crippen molar-refractivity contribution in [3.63, 3.8) is 0 Å². The predicted molar refractivity (Wildman–Crippen MR) is 140 cm³/mol. The summed E-state index contributed by atoms with van der Waals surface area (Å²) in [5, 5.41) is 2.76. The van der Waals surface area contributed by atoms with E-state index in [1.807, 2.05) is 72.8 Å². The van der Waals surface area contributed by atoms with Crippen LogP contribution < -0.4 is 5.32 Å². The number of hydrogen-bond donors (Lipinski definition) is 1. The second kappa shape index (κ2) is 13.2. The molecule has 2 amide bonds. The molecule has 172 valence electrons. The zero-order valence-electron chi connectivity index (χ0n) is 18.7. The highest BCUT2D eigenvalue weighted by Crippen LogP contribution is 2.19. The number of thioether (sulfide) groups is 1. The molecule has 0 heterocycles. The third-order valence-corrected chi connectivity index (χ3v) is 6.91. The van der Waals surface area contributed by atoms with Gasteiger partial charge in [-0.2, -0.15) is 11.8 Å². The molecule has 0 radical (unpaired) electrons. The average Bonchev–Trinajstić information content (AvgIpc) is 2.86. The molecule has 0 aromatic heterocycles. The smallest absolute Gasteiger partial charge is 0.242 e. The second-order valence-electron chi connectivity index (χ2n) is 7.76. The van der Waals surface area contributed by atoms with E-state index in [1.54, 1.807) is 23.7 Å². The Morgan fingerprint density at radius 1 is 0.879 bits per heavy atom. The number of halogens is 1. The number of likely N-dealkylation sites (N-methyl/N-ethyl adjacent to an activating group) is 1. The molecule has 4 nitrogen and oxygen atoms in total. The summed E-state index contributed by atoms with van der Waals surface area (Å²) >= 11 is 5.20. The number of carbonyl (C=O) groups excluding carboxylic acids is 2. The number of nitrogens with zero attached hydrogens (tertiary/aromatic N) is 1. The minimum atomic E-state index is -0.576. The van der Waals surface area contributed by atoms with E-state index in [-0.39, 0.29) is 11.8 Å². The van der Waals surface area contributed by atoms with E-state index in [4.69, 9.17) is 0 Å². The molecule has 33 heavy (non-hydrogen) atoms. The van der Waals surface area contributed by atoms with Crippen molar-refractivity contribution in [2.75, 3.05) is 12.8 Å². The van der Waals surface area contributed by atoms with Crippen molar-refractivity contribution < 1.29 is 9.59 Å². The highest BCUT2D eigenvalue weighted by molar-refractivity contribution is 9.10. The van der Waals surface area contributed by atoms with Gasteiger partial charge in [0.25, 0.3) is 0 Å². The van der Waals surface area contributed by atoms with Crippen LogP contribution in [-0.4, -0.2) is 35.6 Å². The maximum Gasteiger partial charge on any atom is 0.242 e. The van der Waals surface area contributed by atoms with Crippen LogP contribution in [-0.2, 0) is 28.3 Å². The first-order valence-corrected chi connectivity index (χ1v) is 12.9. The van der Waals surface area contributed by atoms with E-state index in [1.165, 1.54) is 5.56 Å². The van der Waals surface area contributed by atoms with Crippen molar-refractivity contribution in [3.05, 3.63) is 106 Å². The second-order valence-corrected chi connectivity index (χ2v) is 9.78. The maximum absolute atomic E-state index is 13.4. The lowest BCUT2D eigenvalue weighted by molar-refractivity contribution is -0.140. The third kappa shape index (κ3) is 8.06. The zero-order valence-corrected chi connectivity index (χ0v) is 21.1. The summed E-state index contributed by atoms with van der Waals surface area (Å²) in [6, 6.07) is 27.4. The summed E-state index contributed by atoms with van der Waals surface area (Å²) in [5.41, 5.74) is 3.26. The quantitative estimate of drug-likeness (QED) is 0.339. The molecule has 0 spiro atoms. The third-order valence-electron chi connectivity index (χ3n) is 5.36. The Labute approximate surface area is 208 Å². The fraction of sp³-hybridized carbons (Fsp3) is 0.259. The van der Waals surface area contributed by atoms with Crippen molar-refractivity contribution >= 4 is 39.5 Å². The molecule has 0 aliphatic rings. The zero-order chi connectivity index (χ0) is 23.5. The van der Waals surface area contributed by atoms with Gasteiger partial charge in [0.15, 0.2) is 0 Å². The van der Waals surface area contributed by atoms with Gasteiger partial charge in [0, 0.05) is 42.4 Å². The van der Waals surface area contributed by atoms with E-state index < -0.39 is 6.04 Å². The molecule has 1 N–H and O–H groups in total. The number of benzene rings is 3. The van der Waals surface area contributed by atoms with E-state index >= 15 is 0 Å². The molecule has 1 atom stereocenters. The first-order chi connectivity index (χ1) is 16.1. The van der Waals surface area contributed by atoms with Crippen molar-refractivity contribution in [2.24, 2.45) is 0 Å². The topological polar surface area (TPSA) is 49.4 Å². The van der Waals surface area contributed by atoms with E-state index in [2.05, 4.69) is 33.4 Å². The van der Waals surface area contributed by atoms with Crippen LogP contribution >= 0.6 is 27.7 Å². The lowest BCUT2D eigenvalue weighted by Gasteiger charge is -2.31. The van der Waals surface area contributed by atoms with Crippen LogP contribution in [0.25, 0.3) is 0 Å². The maximum atomic E-state index is 13.4. The Balaban J connectivity index is 1.74. The van der Waals surface area contributed by atoms with Gasteiger partial charge in [-0.15, -0.1) is 0 Å². The van der Waals surface area contributed by atoms with Gasteiger partial charge < -0.3 is 10.2 Å².